The molecule has 2 heterocycles. The molecule has 2 aromatic heterocycles. The molecular weight excluding hydrogens is 372 g/mol. The molecule has 0 aliphatic rings. The molecule has 2 N–H and O–H groups in total. The molecule has 0 unspecified atom stereocenters. The predicted octanol–water partition coefficient (Wildman–Crippen LogP) is 2.55. The number of rotatable bonds is 3. The van der Waals surface area contributed by atoms with Crippen LogP contribution in [0.15, 0.2) is 57.7 Å². The summed E-state index contributed by atoms with van der Waals surface area (Å²) in [4.78, 5) is 37.6. The highest BCUT2D eigenvalue weighted by molar-refractivity contribution is 6.06. The fraction of sp³-hybridized carbons (Fsp3) is 0.143. The highest BCUT2D eigenvalue weighted by atomic mass is 16.3. The molecule has 8 heteroatoms. The van der Waals surface area contributed by atoms with Crippen LogP contribution in [-0.4, -0.2) is 21.6 Å². The molecule has 0 aliphatic heterocycles. The van der Waals surface area contributed by atoms with Gasteiger partial charge in [-0.2, -0.15) is 5.10 Å². The van der Waals surface area contributed by atoms with Crippen LogP contribution in [0.1, 0.15) is 33.5 Å². The number of nitrogens with one attached hydrogen (secondary N) is 2. The van der Waals surface area contributed by atoms with Crippen LogP contribution in [0.5, 0.6) is 0 Å². The van der Waals surface area contributed by atoms with Gasteiger partial charge in [0.15, 0.2) is 11.5 Å². The number of aromatic nitrogens is 2. The van der Waals surface area contributed by atoms with Gasteiger partial charge in [0.05, 0.1) is 5.39 Å². The van der Waals surface area contributed by atoms with Crippen molar-refractivity contribution in [2.45, 2.75) is 20.4 Å². The number of benzene rings is 2. The second-order valence-corrected chi connectivity index (χ2v) is 6.48. The minimum Gasteiger partial charge on any atom is -0.451 e. The summed E-state index contributed by atoms with van der Waals surface area (Å²) in [6.45, 7) is 3.85. The van der Waals surface area contributed by atoms with Crippen molar-refractivity contribution in [2.75, 3.05) is 0 Å². The van der Waals surface area contributed by atoms with Crippen LogP contribution in [0, 0.1) is 6.92 Å². The van der Waals surface area contributed by atoms with Crippen LogP contribution >= 0.6 is 0 Å². The van der Waals surface area contributed by atoms with E-state index < -0.39 is 11.8 Å². The van der Waals surface area contributed by atoms with Crippen molar-refractivity contribution < 1.29 is 14.0 Å². The van der Waals surface area contributed by atoms with Crippen molar-refractivity contribution in [3.05, 3.63) is 75.9 Å². The fourth-order valence-electron chi connectivity index (χ4n) is 3.24. The third-order valence-corrected chi connectivity index (χ3v) is 4.72. The van der Waals surface area contributed by atoms with Crippen LogP contribution in [0.3, 0.4) is 0 Å². The van der Waals surface area contributed by atoms with Crippen LogP contribution in [0.2, 0.25) is 0 Å². The maximum atomic E-state index is 12.7. The van der Waals surface area contributed by atoms with E-state index in [2.05, 4.69) is 16.0 Å². The molecule has 4 rings (SSSR count). The van der Waals surface area contributed by atoms with E-state index in [9.17, 15) is 14.4 Å². The summed E-state index contributed by atoms with van der Waals surface area (Å²) in [5, 5.41) is 5.76. The number of aryl methyl sites for hydroxylation is 2. The summed E-state index contributed by atoms with van der Waals surface area (Å²) in [5.41, 5.74) is 5.74. The summed E-state index contributed by atoms with van der Waals surface area (Å²) in [7, 11) is 0. The first-order chi connectivity index (χ1) is 14.0. The number of fused-ring (bicyclic) bond motifs is 2. The van der Waals surface area contributed by atoms with Gasteiger partial charge in [-0.05, 0) is 26.0 Å². The predicted molar refractivity (Wildman–Crippen MR) is 108 cm³/mol. The van der Waals surface area contributed by atoms with Gasteiger partial charge in [-0.25, -0.2) is 4.68 Å². The molecular formula is C21H18N4O4. The van der Waals surface area contributed by atoms with E-state index in [0.717, 1.165) is 5.39 Å². The summed E-state index contributed by atoms with van der Waals surface area (Å²) in [6, 6.07) is 14.0. The van der Waals surface area contributed by atoms with Gasteiger partial charge in [-0.15, -0.1) is 0 Å². The molecule has 29 heavy (non-hydrogen) atoms. The number of furan rings is 1. The molecule has 0 fully saturated rings. The Morgan fingerprint density at radius 3 is 2.28 bits per heavy atom. The molecule has 2 amide bonds. The molecule has 0 saturated heterocycles. The van der Waals surface area contributed by atoms with Crippen molar-refractivity contribution in [2.24, 2.45) is 0 Å². The molecule has 4 aromatic rings. The first-order valence-electron chi connectivity index (χ1n) is 9.10. The Kier molecular flexibility index (Phi) is 4.59. The van der Waals surface area contributed by atoms with Crippen LogP contribution in [0.4, 0.5) is 0 Å². The smallest absolute Gasteiger partial charge is 0.305 e. The van der Waals surface area contributed by atoms with E-state index in [1.54, 1.807) is 44.2 Å². The van der Waals surface area contributed by atoms with Gasteiger partial charge in [0.2, 0.25) is 0 Å². The molecule has 0 atom stereocenters. The van der Waals surface area contributed by atoms with Gasteiger partial charge in [0, 0.05) is 22.9 Å². The minimum atomic E-state index is -0.634. The van der Waals surface area contributed by atoms with Crippen molar-refractivity contribution in [1.82, 2.24) is 20.6 Å². The second-order valence-electron chi connectivity index (χ2n) is 6.48. The monoisotopic (exact) mass is 390 g/mol. The maximum absolute atomic E-state index is 12.7. The number of hydrogen-bond donors (Lipinski definition) is 2. The van der Waals surface area contributed by atoms with Gasteiger partial charge in [-0.1, -0.05) is 36.4 Å². The van der Waals surface area contributed by atoms with E-state index >= 15 is 0 Å². The number of nitrogens with zero attached hydrogens (tertiary/aromatic N) is 2. The number of para-hydroxylation sites is 1. The van der Waals surface area contributed by atoms with E-state index in [1.165, 1.54) is 4.68 Å². The van der Waals surface area contributed by atoms with Gasteiger partial charge in [0.25, 0.3) is 11.5 Å². The Hall–Kier alpha value is -3.94. The lowest BCUT2D eigenvalue weighted by atomic mass is 10.1. The van der Waals surface area contributed by atoms with Gasteiger partial charge >= 0.3 is 5.91 Å². The number of hydrazine groups is 1. The summed E-state index contributed by atoms with van der Waals surface area (Å²) >= 11 is 0. The van der Waals surface area contributed by atoms with Crippen LogP contribution < -0.4 is 16.4 Å². The van der Waals surface area contributed by atoms with Crippen molar-refractivity contribution >= 4 is 33.6 Å². The molecule has 0 aliphatic carbocycles. The topological polar surface area (TPSA) is 106 Å². The average molecular weight is 390 g/mol. The molecule has 146 valence electrons. The molecule has 0 saturated carbocycles. The lowest BCUT2D eigenvalue weighted by Gasteiger charge is -2.10. The standard InChI is InChI=1S/C21H18N4O4/c1-3-25-21(28)15-10-5-4-9-14(15)17(24-25)19(26)22-23-20(27)18-12(2)13-8-6-7-11-16(13)29-18/h4-11H,3H2,1-2H3,(H,22,26)(H,23,27). The number of carbonyl (C=O) groups excluding carboxylic acids is 2. The zero-order chi connectivity index (χ0) is 20.5. The first-order valence-corrected chi connectivity index (χ1v) is 9.10. The Morgan fingerprint density at radius 2 is 1.59 bits per heavy atom. The fourth-order valence-corrected chi connectivity index (χ4v) is 3.24. The lowest BCUT2D eigenvalue weighted by molar-refractivity contribution is 0.0829. The third kappa shape index (κ3) is 3.14. The van der Waals surface area contributed by atoms with E-state index in [-0.39, 0.29) is 17.0 Å². The zero-order valence-corrected chi connectivity index (χ0v) is 15.9. The molecule has 0 bridgehead atoms. The van der Waals surface area contributed by atoms with Gasteiger partial charge < -0.3 is 4.42 Å². The zero-order valence-electron chi connectivity index (χ0n) is 15.9. The van der Waals surface area contributed by atoms with Gasteiger partial charge in [-0.3, -0.25) is 25.2 Å². The number of amides is 2. The van der Waals surface area contributed by atoms with Crippen molar-refractivity contribution in [3.63, 3.8) is 0 Å². The maximum Gasteiger partial charge on any atom is 0.305 e. The summed E-state index contributed by atoms with van der Waals surface area (Å²) in [5.74, 6) is -1.10. The average Bonchev–Trinajstić information content (AvgIpc) is 3.09. The Labute approximate surface area is 165 Å². The molecule has 0 spiro atoms. The second kappa shape index (κ2) is 7.23. The molecule has 0 radical (unpaired) electrons. The number of hydrogen-bond acceptors (Lipinski definition) is 5. The highest BCUT2D eigenvalue weighted by Gasteiger charge is 2.20. The first kappa shape index (κ1) is 18.4. The number of carbonyl (C=O) groups is 2. The van der Waals surface area contributed by atoms with Crippen LogP contribution in [-0.2, 0) is 6.54 Å². The van der Waals surface area contributed by atoms with E-state index in [1.807, 2.05) is 18.2 Å². The normalized spacial score (nSPS) is 11.0. The minimum absolute atomic E-state index is 0.0451. The molecule has 2 aromatic carbocycles. The summed E-state index contributed by atoms with van der Waals surface area (Å²) in [6.07, 6.45) is 0. The lowest BCUT2D eigenvalue weighted by Crippen LogP contribution is -2.42. The SMILES string of the molecule is CCn1nc(C(=O)NNC(=O)c2oc3ccccc3c2C)c2ccccc2c1=O. The van der Waals surface area contributed by atoms with E-state index in [0.29, 0.717) is 28.5 Å². The Bertz CT molecular complexity index is 1320. The van der Waals surface area contributed by atoms with E-state index in [4.69, 9.17) is 4.42 Å². The Balaban J connectivity index is 1.61. The van der Waals surface area contributed by atoms with Gasteiger partial charge in [0.1, 0.15) is 5.58 Å². The quantitative estimate of drug-likeness (QED) is 0.523. The van der Waals surface area contributed by atoms with Crippen LogP contribution in [0.25, 0.3) is 21.7 Å². The Morgan fingerprint density at radius 1 is 0.966 bits per heavy atom. The van der Waals surface area contributed by atoms with Crippen molar-refractivity contribution in [3.8, 4) is 0 Å². The van der Waals surface area contributed by atoms with Crippen molar-refractivity contribution in [1.29, 1.82) is 0 Å². The summed E-state index contributed by atoms with van der Waals surface area (Å²) < 4.78 is 6.81. The molecule has 8 nitrogen and oxygen atoms in total. The largest absolute Gasteiger partial charge is 0.451 e. The third-order valence-electron chi connectivity index (χ3n) is 4.72. The highest BCUT2D eigenvalue weighted by Crippen LogP contribution is 2.24.